The summed E-state index contributed by atoms with van der Waals surface area (Å²) in [7, 11) is 0. The maximum absolute atomic E-state index is 12.0. The van der Waals surface area contributed by atoms with E-state index in [1.54, 1.807) is 11.8 Å². The molecule has 0 aliphatic carbocycles. The zero-order chi connectivity index (χ0) is 15.2. The van der Waals surface area contributed by atoms with Crippen LogP contribution in [0.4, 0.5) is 5.69 Å². The second kappa shape index (κ2) is 7.26. The maximum atomic E-state index is 12.0. The van der Waals surface area contributed by atoms with Crippen LogP contribution in [0.25, 0.3) is 0 Å². The number of carbonyl (C=O) groups is 2. The number of nitrogens with zero attached hydrogens (tertiary/aromatic N) is 1. The summed E-state index contributed by atoms with van der Waals surface area (Å²) in [6.45, 7) is 2.00. The molecule has 112 valence electrons. The fourth-order valence-corrected chi connectivity index (χ4v) is 2.72. The zero-order valence-electron chi connectivity index (χ0n) is 12.2. The lowest BCUT2D eigenvalue weighted by atomic mass is 10.0. The fraction of sp³-hybridized carbons (Fsp3) is 0.400. The first kappa shape index (κ1) is 15.6. The first-order chi connectivity index (χ1) is 10.1. The van der Waals surface area contributed by atoms with Crippen LogP contribution in [0, 0.1) is 0 Å². The zero-order valence-corrected chi connectivity index (χ0v) is 13.0. The highest BCUT2D eigenvalue weighted by molar-refractivity contribution is 7.99. The van der Waals surface area contributed by atoms with Crippen LogP contribution < -0.4 is 10.7 Å². The van der Waals surface area contributed by atoms with Crippen LogP contribution >= 0.6 is 11.8 Å². The number of carbonyl (C=O) groups excluding carboxylic acids is 2. The normalized spacial score (nSPS) is 15.9. The highest BCUT2D eigenvalue weighted by Crippen LogP contribution is 2.17. The molecule has 2 amide bonds. The summed E-state index contributed by atoms with van der Waals surface area (Å²) in [5, 5.41) is 6.94. The van der Waals surface area contributed by atoms with E-state index in [2.05, 4.69) is 15.8 Å². The molecule has 0 fully saturated rings. The molecule has 0 saturated heterocycles. The summed E-state index contributed by atoms with van der Waals surface area (Å²) in [6.07, 6.45) is 3.85. The molecule has 0 saturated carbocycles. The van der Waals surface area contributed by atoms with Gasteiger partial charge in [-0.05, 0) is 30.4 Å². The number of anilines is 1. The summed E-state index contributed by atoms with van der Waals surface area (Å²) < 4.78 is 0. The lowest BCUT2D eigenvalue weighted by Gasteiger charge is -2.14. The molecular formula is C15H19N3O2S. The molecule has 6 heteroatoms. The van der Waals surface area contributed by atoms with Crippen molar-refractivity contribution in [1.82, 2.24) is 5.43 Å². The number of amides is 2. The predicted octanol–water partition coefficient (Wildman–Crippen LogP) is 2.38. The van der Waals surface area contributed by atoms with Crippen LogP contribution in [0.15, 0.2) is 29.4 Å². The van der Waals surface area contributed by atoms with Gasteiger partial charge in [-0.2, -0.15) is 16.9 Å². The first-order valence-electron chi connectivity index (χ1n) is 6.93. The third kappa shape index (κ3) is 4.07. The van der Waals surface area contributed by atoms with Crippen LogP contribution in [0.3, 0.4) is 0 Å². The molecule has 1 aliphatic heterocycles. The van der Waals surface area contributed by atoms with Crippen molar-refractivity contribution in [3.05, 3.63) is 29.8 Å². The molecule has 5 nitrogen and oxygen atoms in total. The van der Waals surface area contributed by atoms with Gasteiger partial charge >= 0.3 is 0 Å². The average Bonchev–Trinajstić information content (AvgIpc) is 2.50. The van der Waals surface area contributed by atoms with E-state index < -0.39 is 0 Å². The van der Waals surface area contributed by atoms with Gasteiger partial charge in [-0.25, -0.2) is 5.43 Å². The molecule has 1 aromatic rings. The third-order valence-electron chi connectivity index (χ3n) is 3.34. The van der Waals surface area contributed by atoms with Gasteiger partial charge in [-0.15, -0.1) is 0 Å². The van der Waals surface area contributed by atoms with Crippen molar-refractivity contribution in [2.75, 3.05) is 11.6 Å². The lowest BCUT2D eigenvalue weighted by Crippen LogP contribution is -2.26. The van der Waals surface area contributed by atoms with E-state index >= 15 is 0 Å². The number of benzene rings is 1. The van der Waals surface area contributed by atoms with Crippen LogP contribution in [-0.4, -0.2) is 29.0 Å². The standard InChI is InChI=1S/C15H19N3O2S/c1-3-13(21-2)15(20)16-11-6-4-10(5-7-11)12-8-9-14(19)18-17-12/h4-7,13H,3,8-9H2,1-2H3,(H,16,20)(H,18,19). The Balaban J connectivity index is 2.02. The van der Waals surface area contributed by atoms with Crippen molar-refractivity contribution in [2.45, 2.75) is 31.4 Å². The summed E-state index contributed by atoms with van der Waals surface area (Å²) in [5.41, 5.74) is 5.09. The van der Waals surface area contributed by atoms with E-state index in [4.69, 9.17) is 0 Å². The van der Waals surface area contributed by atoms with Gasteiger partial charge in [0.1, 0.15) is 0 Å². The Kier molecular flexibility index (Phi) is 5.38. The molecule has 2 N–H and O–H groups in total. The molecule has 2 rings (SSSR count). The highest BCUT2D eigenvalue weighted by Gasteiger charge is 2.16. The minimum atomic E-state index is -0.0506. The van der Waals surface area contributed by atoms with Gasteiger partial charge in [0.25, 0.3) is 0 Å². The largest absolute Gasteiger partial charge is 0.325 e. The van der Waals surface area contributed by atoms with Gasteiger partial charge in [0.05, 0.1) is 11.0 Å². The summed E-state index contributed by atoms with van der Waals surface area (Å²) >= 11 is 1.55. The summed E-state index contributed by atoms with van der Waals surface area (Å²) in [4.78, 5) is 23.1. The second-order valence-electron chi connectivity index (χ2n) is 4.79. The van der Waals surface area contributed by atoms with Crippen molar-refractivity contribution in [1.29, 1.82) is 0 Å². The minimum absolute atomic E-state index is 0.0254. The first-order valence-corrected chi connectivity index (χ1v) is 8.22. The molecule has 1 aliphatic rings. The van der Waals surface area contributed by atoms with Crippen molar-refractivity contribution in [3.63, 3.8) is 0 Å². The number of rotatable bonds is 5. The van der Waals surface area contributed by atoms with Crippen molar-refractivity contribution >= 4 is 35.0 Å². The van der Waals surface area contributed by atoms with Gasteiger partial charge in [0.15, 0.2) is 0 Å². The molecule has 1 atom stereocenters. The van der Waals surface area contributed by atoms with E-state index in [9.17, 15) is 9.59 Å². The predicted molar refractivity (Wildman–Crippen MR) is 86.6 cm³/mol. The molecule has 0 bridgehead atoms. The van der Waals surface area contributed by atoms with E-state index in [1.165, 1.54) is 0 Å². The van der Waals surface area contributed by atoms with E-state index in [0.717, 1.165) is 23.4 Å². The Morgan fingerprint density at radius 1 is 1.38 bits per heavy atom. The number of hydrogen-bond acceptors (Lipinski definition) is 4. The van der Waals surface area contributed by atoms with Crippen molar-refractivity contribution in [3.8, 4) is 0 Å². The van der Waals surface area contributed by atoms with Crippen LogP contribution in [0.1, 0.15) is 31.7 Å². The third-order valence-corrected chi connectivity index (χ3v) is 4.45. The summed E-state index contributed by atoms with van der Waals surface area (Å²) in [6, 6.07) is 7.54. The smallest absolute Gasteiger partial charge is 0.240 e. The number of hydrazone groups is 1. The van der Waals surface area contributed by atoms with Gasteiger partial charge in [0, 0.05) is 18.5 Å². The monoisotopic (exact) mass is 305 g/mol. The Bertz CT molecular complexity index is 551. The van der Waals surface area contributed by atoms with E-state index in [-0.39, 0.29) is 17.1 Å². The minimum Gasteiger partial charge on any atom is -0.325 e. The molecule has 1 aromatic carbocycles. The molecule has 0 aromatic heterocycles. The van der Waals surface area contributed by atoms with Crippen LogP contribution in [-0.2, 0) is 9.59 Å². The Morgan fingerprint density at radius 3 is 2.62 bits per heavy atom. The lowest BCUT2D eigenvalue weighted by molar-refractivity contribution is -0.121. The highest BCUT2D eigenvalue weighted by atomic mass is 32.2. The Morgan fingerprint density at radius 2 is 2.10 bits per heavy atom. The topological polar surface area (TPSA) is 70.6 Å². The van der Waals surface area contributed by atoms with Crippen molar-refractivity contribution in [2.24, 2.45) is 5.10 Å². The molecular weight excluding hydrogens is 286 g/mol. The number of thioether (sulfide) groups is 1. The van der Waals surface area contributed by atoms with E-state index in [0.29, 0.717) is 12.8 Å². The van der Waals surface area contributed by atoms with Gasteiger partial charge in [0.2, 0.25) is 11.8 Å². The van der Waals surface area contributed by atoms with Gasteiger partial charge < -0.3 is 5.32 Å². The quantitative estimate of drug-likeness (QED) is 0.877. The summed E-state index contributed by atoms with van der Waals surface area (Å²) in [5.74, 6) is -0.0228. The molecule has 21 heavy (non-hydrogen) atoms. The molecule has 0 spiro atoms. The van der Waals surface area contributed by atoms with Crippen LogP contribution in [0.5, 0.6) is 0 Å². The maximum Gasteiger partial charge on any atom is 0.240 e. The molecule has 1 unspecified atom stereocenters. The Hall–Kier alpha value is -1.82. The molecule has 1 heterocycles. The SMILES string of the molecule is CCC(SC)C(=O)Nc1ccc(C2=NNC(=O)CC2)cc1. The van der Waals surface area contributed by atoms with Gasteiger partial charge in [-0.3, -0.25) is 9.59 Å². The van der Waals surface area contributed by atoms with Crippen LogP contribution in [0.2, 0.25) is 0 Å². The Labute approximate surface area is 128 Å². The number of hydrogen-bond donors (Lipinski definition) is 2. The van der Waals surface area contributed by atoms with Crippen molar-refractivity contribution < 1.29 is 9.59 Å². The fourth-order valence-electron chi connectivity index (χ4n) is 2.11. The van der Waals surface area contributed by atoms with E-state index in [1.807, 2.05) is 37.4 Å². The second-order valence-corrected chi connectivity index (χ2v) is 5.83. The molecule has 0 radical (unpaired) electrons. The number of nitrogens with one attached hydrogen (secondary N) is 2. The average molecular weight is 305 g/mol. The van der Waals surface area contributed by atoms with Gasteiger partial charge in [-0.1, -0.05) is 19.1 Å².